The highest BCUT2D eigenvalue weighted by molar-refractivity contribution is 5.10. The minimum atomic E-state index is -3.18. The van der Waals surface area contributed by atoms with Crippen molar-refractivity contribution in [2.24, 2.45) is 0 Å². The lowest BCUT2D eigenvalue weighted by atomic mass is 10.3. The third kappa shape index (κ3) is 1.77. The molecule has 1 aromatic rings. The fraction of sp³-hybridized carbons (Fsp3) is 0.600. The van der Waals surface area contributed by atoms with Gasteiger partial charge in [-0.25, -0.2) is 8.78 Å². The molecule has 0 saturated heterocycles. The largest absolute Gasteiger partial charge is 0.390 e. The average Bonchev–Trinajstić information content (AvgIpc) is 2.46. The molecule has 1 heterocycles. The van der Waals surface area contributed by atoms with E-state index in [9.17, 15) is 17.6 Å². The van der Waals surface area contributed by atoms with Crippen LogP contribution in [0.25, 0.3) is 0 Å². The standard InChI is InChI=1S/C5H5F4N3O/c6-4(7)3-2(1-13)10-11-12(3)5(8)9/h4-5,13H,1H2. The van der Waals surface area contributed by atoms with E-state index in [2.05, 4.69) is 10.3 Å². The van der Waals surface area contributed by atoms with Gasteiger partial charge in [-0.15, -0.1) is 5.10 Å². The molecule has 0 radical (unpaired) electrons. The van der Waals surface area contributed by atoms with Gasteiger partial charge in [-0.1, -0.05) is 5.21 Å². The molecule has 1 N–H and O–H groups in total. The van der Waals surface area contributed by atoms with Crippen molar-refractivity contribution in [1.82, 2.24) is 15.0 Å². The fourth-order valence-electron chi connectivity index (χ4n) is 0.817. The highest BCUT2D eigenvalue weighted by Gasteiger charge is 2.25. The number of hydrogen-bond acceptors (Lipinski definition) is 3. The van der Waals surface area contributed by atoms with E-state index in [1.54, 1.807) is 0 Å². The predicted octanol–water partition coefficient (Wildman–Crippen LogP) is 1.10. The number of halogens is 4. The van der Waals surface area contributed by atoms with Gasteiger partial charge in [0.1, 0.15) is 11.4 Å². The summed E-state index contributed by atoms with van der Waals surface area (Å²) in [5.41, 5.74) is -1.58. The normalized spacial score (nSPS) is 11.6. The van der Waals surface area contributed by atoms with Crippen LogP contribution in [0.5, 0.6) is 0 Å². The molecule has 0 spiro atoms. The Morgan fingerprint density at radius 3 is 2.31 bits per heavy atom. The zero-order valence-corrected chi connectivity index (χ0v) is 6.16. The van der Waals surface area contributed by atoms with Crippen molar-refractivity contribution in [2.45, 2.75) is 19.6 Å². The first-order chi connectivity index (χ1) is 6.07. The lowest BCUT2D eigenvalue weighted by molar-refractivity contribution is 0.0351. The second kappa shape index (κ2) is 3.69. The first-order valence-electron chi connectivity index (χ1n) is 3.19. The van der Waals surface area contributed by atoms with Crippen LogP contribution < -0.4 is 0 Å². The van der Waals surface area contributed by atoms with E-state index < -0.39 is 31.0 Å². The molecule has 0 saturated carbocycles. The highest BCUT2D eigenvalue weighted by Crippen LogP contribution is 2.24. The minimum absolute atomic E-state index is 0.212. The SMILES string of the molecule is OCc1nnn(C(F)F)c1C(F)F. The van der Waals surface area contributed by atoms with Crippen LogP contribution in [-0.4, -0.2) is 20.1 Å². The van der Waals surface area contributed by atoms with E-state index in [-0.39, 0.29) is 4.68 Å². The van der Waals surface area contributed by atoms with Crippen molar-refractivity contribution < 1.29 is 22.7 Å². The van der Waals surface area contributed by atoms with Crippen molar-refractivity contribution in [3.05, 3.63) is 11.4 Å². The van der Waals surface area contributed by atoms with Gasteiger partial charge in [-0.05, 0) is 0 Å². The van der Waals surface area contributed by atoms with Crippen molar-refractivity contribution in [1.29, 1.82) is 0 Å². The lowest BCUT2D eigenvalue weighted by Gasteiger charge is -2.03. The van der Waals surface area contributed by atoms with Gasteiger partial charge in [0, 0.05) is 0 Å². The molecule has 0 aliphatic carbocycles. The number of nitrogens with zero attached hydrogens (tertiary/aromatic N) is 3. The molecule has 1 rings (SSSR count). The van der Waals surface area contributed by atoms with Crippen molar-refractivity contribution in [2.75, 3.05) is 0 Å². The maximum atomic E-state index is 12.1. The first-order valence-corrected chi connectivity index (χ1v) is 3.19. The molecule has 0 aliphatic heterocycles. The lowest BCUT2D eigenvalue weighted by Crippen LogP contribution is -2.07. The summed E-state index contributed by atoms with van der Waals surface area (Å²) in [6, 6.07) is 0. The van der Waals surface area contributed by atoms with Crippen LogP contribution in [-0.2, 0) is 6.61 Å². The van der Waals surface area contributed by atoms with Gasteiger partial charge >= 0.3 is 6.55 Å². The van der Waals surface area contributed by atoms with Crippen LogP contribution in [0, 0.1) is 0 Å². The zero-order chi connectivity index (χ0) is 10.0. The third-order valence-corrected chi connectivity index (χ3v) is 1.35. The van der Waals surface area contributed by atoms with Gasteiger partial charge in [-0.2, -0.15) is 13.5 Å². The summed E-state index contributed by atoms with van der Waals surface area (Å²) in [5.74, 6) is 0. The van der Waals surface area contributed by atoms with E-state index in [0.29, 0.717) is 0 Å². The number of aliphatic hydroxyl groups excluding tert-OH is 1. The molecule has 0 aliphatic rings. The Balaban J connectivity index is 3.14. The molecule has 8 heteroatoms. The molecule has 4 nitrogen and oxygen atoms in total. The van der Waals surface area contributed by atoms with Crippen LogP contribution in [0.4, 0.5) is 17.6 Å². The monoisotopic (exact) mass is 199 g/mol. The number of alkyl halides is 4. The number of aromatic nitrogens is 3. The fourth-order valence-corrected chi connectivity index (χ4v) is 0.817. The zero-order valence-electron chi connectivity index (χ0n) is 6.16. The van der Waals surface area contributed by atoms with E-state index >= 15 is 0 Å². The average molecular weight is 199 g/mol. The van der Waals surface area contributed by atoms with Gasteiger partial charge in [0.15, 0.2) is 0 Å². The maximum Gasteiger partial charge on any atom is 0.335 e. The Labute approximate surface area is 69.8 Å². The Morgan fingerprint density at radius 2 is 1.92 bits per heavy atom. The van der Waals surface area contributed by atoms with E-state index in [1.807, 2.05) is 0 Å². The quantitative estimate of drug-likeness (QED) is 0.741. The summed E-state index contributed by atoms with van der Waals surface area (Å²) in [6.07, 6.45) is -3.13. The topological polar surface area (TPSA) is 50.9 Å². The molecule has 0 amide bonds. The summed E-state index contributed by atoms with van der Waals surface area (Å²) >= 11 is 0. The van der Waals surface area contributed by atoms with Gasteiger partial charge in [-0.3, -0.25) is 0 Å². The van der Waals surface area contributed by atoms with Crippen LogP contribution >= 0.6 is 0 Å². The van der Waals surface area contributed by atoms with Crippen molar-refractivity contribution in [3.63, 3.8) is 0 Å². The molecule has 0 unspecified atom stereocenters. The van der Waals surface area contributed by atoms with Gasteiger partial charge < -0.3 is 5.11 Å². The maximum absolute atomic E-state index is 12.1. The second-order valence-corrected chi connectivity index (χ2v) is 2.10. The minimum Gasteiger partial charge on any atom is -0.390 e. The Hall–Kier alpha value is -1.18. The second-order valence-electron chi connectivity index (χ2n) is 2.10. The van der Waals surface area contributed by atoms with Gasteiger partial charge in [0.2, 0.25) is 0 Å². The Kier molecular flexibility index (Phi) is 2.81. The van der Waals surface area contributed by atoms with E-state index in [4.69, 9.17) is 5.11 Å². The van der Waals surface area contributed by atoms with Gasteiger partial charge in [0.25, 0.3) is 6.43 Å². The highest BCUT2D eigenvalue weighted by atomic mass is 19.3. The van der Waals surface area contributed by atoms with E-state index in [0.717, 1.165) is 0 Å². The summed E-state index contributed by atoms with van der Waals surface area (Å²) in [5, 5.41) is 14.2. The predicted molar refractivity (Wildman–Crippen MR) is 32.2 cm³/mol. The van der Waals surface area contributed by atoms with Crippen LogP contribution in [0.15, 0.2) is 0 Å². The molecule has 0 fully saturated rings. The van der Waals surface area contributed by atoms with Crippen LogP contribution in [0.3, 0.4) is 0 Å². The summed E-state index contributed by atoms with van der Waals surface area (Å²) in [7, 11) is 0. The molecule has 74 valence electrons. The van der Waals surface area contributed by atoms with Crippen molar-refractivity contribution in [3.8, 4) is 0 Å². The molecule has 13 heavy (non-hydrogen) atoms. The summed E-state index contributed by atoms with van der Waals surface area (Å²) < 4.78 is 48.0. The first kappa shape index (κ1) is 9.90. The molecule has 0 bridgehead atoms. The molecular weight excluding hydrogens is 194 g/mol. The van der Waals surface area contributed by atoms with Crippen LogP contribution in [0.1, 0.15) is 24.4 Å². The Bertz CT molecular complexity index is 287. The Morgan fingerprint density at radius 1 is 1.31 bits per heavy atom. The van der Waals surface area contributed by atoms with E-state index in [1.165, 1.54) is 0 Å². The summed E-state index contributed by atoms with van der Waals surface area (Å²) in [6.45, 7) is -4.02. The molecular formula is C5H5F4N3O. The molecule has 1 aromatic heterocycles. The summed E-state index contributed by atoms with van der Waals surface area (Å²) in [4.78, 5) is 0. The number of aliphatic hydroxyl groups is 1. The van der Waals surface area contributed by atoms with Gasteiger partial charge in [0.05, 0.1) is 6.61 Å². The van der Waals surface area contributed by atoms with Crippen LogP contribution in [0.2, 0.25) is 0 Å². The third-order valence-electron chi connectivity index (χ3n) is 1.35. The number of hydrogen-bond donors (Lipinski definition) is 1. The molecule has 0 atom stereocenters. The molecule has 0 aromatic carbocycles. The number of rotatable bonds is 3. The smallest absolute Gasteiger partial charge is 0.335 e. The van der Waals surface area contributed by atoms with Crippen molar-refractivity contribution >= 4 is 0 Å².